The van der Waals surface area contributed by atoms with E-state index < -0.39 is 0 Å². The number of hydrogen-bond donors (Lipinski definition) is 1. The minimum Gasteiger partial charge on any atom is -0.380 e. The molecule has 1 aliphatic carbocycles. The van der Waals surface area contributed by atoms with Crippen LogP contribution in [0.25, 0.3) is 0 Å². The molecule has 2 nitrogen and oxygen atoms in total. The Morgan fingerprint density at radius 1 is 1.23 bits per heavy atom. The molecular formula is C11H23NO. The first-order valence-electron chi connectivity index (χ1n) is 5.63. The van der Waals surface area contributed by atoms with Crippen molar-refractivity contribution >= 4 is 0 Å². The molecule has 1 saturated carbocycles. The Kier molecular flexibility index (Phi) is 4.74. The van der Waals surface area contributed by atoms with Crippen LogP contribution in [-0.4, -0.2) is 18.8 Å². The van der Waals surface area contributed by atoms with Gasteiger partial charge in [-0.05, 0) is 19.3 Å². The smallest absolute Gasteiger partial charge is 0.0646 e. The van der Waals surface area contributed by atoms with E-state index in [2.05, 4.69) is 6.92 Å². The van der Waals surface area contributed by atoms with E-state index in [1.54, 1.807) is 0 Å². The molecule has 0 spiro atoms. The Hall–Kier alpha value is -0.0800. The van der Waals surface area contributed by atoms with Gasteiger partial charge in [-0.3, -0.25) is 0 Å². The highest BCUT2D eigenvalue weighted by Gasteiger charge is 2.29. The van der Waals surface area contributed by atoms with Gasteiger partial charge in [-0.25, -0.2) is 0 Å². The van der Waals surface area contributed by atoms with Gasteiger partial charge in [0.05, 0.1) is 6.61 Å². The number of rotatable bonds is 6. The lowest BCUT2D eigenvalue weighted by Crippen LogP contribution is -2.41. The lowest BCUT2D eigenvalue weighted by molar-refractivity contribution is 0.0841. The predicted molar refractivity (Wildman–Crippen MR) is 55.7 cm³/mol. The first-order chi connectivity index (χ1) is 6.27. The molecule has 1 aliphatic rings. The summed E-state index contributed by atoms with van der Waals surface area (Å²) in [7, 11) is 0. The number of hydrogen-bond acceptors (Lipinski definition) is 2. The van der Waals surface area contributed by atoms with Gasteiger partial charge in [0.25, 0.3) is 0 Å². The van der Waals surface area contributed by atoms with Crippen LogP contribution in [0.4, 0.5) is 0 Å². The van der Waals surface area contributed by atoms with Crippen LogP contribution in [0.5, 0.6) is 0 Å². The highest BCUT2D eigenvalue weighted by atomic mass is 16.5. The third kappa shape index (κ3) is 4.10. The van der Waals surface area contributed by atoms with Gasteiger partial charge in [0, 0.05) is 12.1 Å². The summed E-state index contributed by atoms with van der Waals surface area (Å²) in [6.07, 6.45) is 8.60. The Morgan fingerprint density at radius 2 is 1.92 bits per heavy atom. The average Bonchev–Trinajstić information content (AvgIpc) is 2.53. The molecule has 0 amide bonds. The number of unbranched alkanes of at least 4 members (excludes halogenated alkanes) is 2. The van der Waals surface area contributed by atoms with Gasteiger partial charge in [0.2, 0.25) is 0 Å². The molecule has 0 bridgehead atoms. The Balaban J connectivity index is 1.98. The maximum absolute atomic E-state index is 6.15. The van der Waals surface area contributed by atoms with Crippen molar-refractivity contribution in [3.05, 3.63) is 0 Å². The average molecular weight is 185 g/mol. The minimum atomic E-state index is 0.0201. The van der Waals surface area contributed by atoms with E-state index in [0.717, 1.165) is 26.1 Å². The van der Waals surface area contributed by atoms with Crippen LogP contribution in [0.2, 0.25) is 0 Å². The molecule has 13 heavy (non-hydrogen) atoms. The molecule has 0 unspecified atom stereocenters. The second-order valence-corrected chi connectivity index (χ2v) is 4.33. The summed E-state index contributed by atoms with van der Waals surface area (Å²) in [5, 5.41) is 0. The second kappa shape index (κ2) is 5.61. The summed E-state index contributed by atoms with van der Waals surface area (Å²) in [4.78, 5) is 0. The lowest BCUT2D eigenvalue weighted by Gasteiger charge is -2.22. The van der Waals surface area contributed by atoms with Gasteiger partial charge in [-0.2, -0.15) is 0 Å². The quantitative estimate of drug-likeness (QED) is 0.645. The van der Waals surface area contributed by atoms with Crippen LogP contribution in [-0.2, 0) is 4.74 Å². The van der Waals surface area contributed by atoms with E-state index >= 15 is 0 Å². The maximum Gasteiger partial charge on any atom is 0.0646 e. The number of nitrogens with two attached hydrogens (primary N) is 1. The fourth-order valence-electron chi connectivity index (χ4n) is 1.95. The molecule has 1 fully saturated rings. The van der Waals surface area contributed by atoms with Crippen LogP contribution >= 0.6 is 0 Å². The van der Waals surface area contributed by atoms with Crippen LogP contribution < -0.4 is 5.73 Å². The molecule has 0 aromatic heterocycles. The zero-order valence-corrected chi connectivity index (χ0v) is 8.85. The van der Waals surface area contributed by atoms with Crippen molar-refractivity contribution in [2.45, 2.75) is 57.4 Å². The fraction of sp³-hybridized carbons (Fsp3) is 1.00. The Morgan fingerprint density at radius 3 is 2.54 bits per heavy atom. The van der Waals surface area contributed by atoms with Crippen molar-refractivity contribution in [2.24, 2.45) is 5.73 Å². The van der Waals surface area contributed by atoms with Crippen molar-refractivity contribution in [2.75, 3.05) is 13.2 Å². The standard InChI is InChI=1S/C11H23NO/c1-2-3-6-9-13-10-11(12)7-4-5-8-11/h2-10,12H2,1H3. The van der Waals surface area contributed by atoms with E-state index in [1.807, 2.05) is 0 Å². The normalized spacial score (nSPS) is 20.8. The molecule has 0 radical (unpaired) electrons. The van der Waals surface area contributed by atoms with Gasteiger partial charge in [0.15, 0.2) is 0 Å². The molecule has 0 aliphatic heterocycles. The topological polar surface area (TPSA) is 35.2 Å². The van der Waals surface area contributed by atoms with Gasteiger partial charge in [-0.1, -0.05) is 32.6 Å². The fourth-order valence-corrected chi connectivity index (χ4v) is 1.95. The summed E-state index contributed by atoms with van der Waals surface area (Å²) in [5.41, 5.74) is 6.17. The predicted octanol–water partition coefficient (Wildman–Crippen LogP) is 2.46. The van der Waals surface area contributed by atoms with Crippen LogP contribution in [0.3, 0.4) is 0 Å². The first kappa shape index (κ1) is 11.0. The number of ether oxygens (including phenoxy) is 1. The molecule has 0 heterocycles. The summed E-state index contributed by atoms with van der Waals surface area (Å²) in [6, 6.07) is 0. The SMILES string of the molecule is CCCCCOCC1(N)CCCC1. The van der Waals surface area contributed by atoms with Crippen molar-refractivity contribution in [1.82, 2.24) is 0 Å². The third-order valence-corrected chi connectivity index (χ3v) is 2.88. The Labute approximate surface area is 81.8 Å². The summed E-state index contributed by atoms with van der Waals surface area (Å²) in [5.74, 6) is 0. The molecule has 2 heteroatoms. The van der Waals surface area contributed by atoms with Crippen LogP contribution in [0.1, 0.15) is 51.9 Å². The molecule has 1 rings (SSSR count). The summed E-state index contributed by atoms with van der Waals surface area (Å²) < 4.78 is 5.60. The molecule has 0 atom stereocenters. The lowest BCUT2D eigenvalue weighted by atomic mass is 10.0. The van der Waals surface area contributed by atoms with Crippen molar-refractivity contribution in [1.29, 1.82) is 0 Å². The van der Waals surface area contributed by atoms with Crippen LogP contribution in [0.15, 0.2) is 0 Å². The van der Waals surface area contributed by atoms with Crippen molar-refractivity contribution in [3.8, 4) is 0 Å². The van der Waals surface area contributed by atoms with Gasteiger partial charge >= 0.3 is 0 Å². The molecule has 78 valence electrons. The third-order valence-electron chi connectivity index (χ3n) is 2.88. The minimum absolute atomic E-state index is 0.0201. The second-order valence-electron chi connectivity index (χ2n) is 4.33. The van der Waals surface area contributed by atoms with E-state index in [0.29, 0.717) is 0 Å². The zero-order valence-electron chi connectivity index (χ0n) is 8.85. The van der Waals surface area contributed by atoms with E-state index in [-0.39, 0.29) is 5.54 Å². The van der Waals surface area contributed by atoms with E-state index in [1.165, 1.54) is 32.1 Å². The molecular weight excluding hydrogens is 162 g/mol. The molecule has 0 saturated heterocycles. The Bertz CT molecular complexity index is 130. The molecule has 0 aromatic carbocycles. The monoisotopic (exact) mass is 185 g/mol. The van der Waals surface area contributed by atoms with Gasteiger partial charge in [-0.15, -0.1) is 0 Å². The molecule has 2 N–H and O–H groups in total. The van der Waals surface area contributed by atoms with E-state index in [9.17, 15) is 0 Å². The summed E-state index contributed by atoms with van der Waals surface area (Å²) in [6.45, 7) is 3.88. The highest BCUT2D eigenvalue weighted by Crippen LogP contribution is 2.27. The summed E-state index contributed by atoms with van der Waals surface area (Å²) >= 11 is 0. The molecule has 0 aromatic rings. The largest absolute Gasteiger partial charge is 0.380 e. The van der Waals surface area contributed by atoms with Crippen molar-refractivity contribution in [3.63, 3.8) is 0 Å². The highest BCUT2D eigenvalue weighted by molar-refractivity contribution is 4.88. The zero-order chi connectivity index (χ0) is 9.57. The van der Waals surface area contributed by atoms with Gasteiger partial charge < -0.3 is 10.5 Å². The van der Waals surface area contributed by atoms with Gasteiger partial charge in [0.1, 0.15) is 0 Å². The van der Waals surface area contributed by atoms with Crippen LogP contribution in [0, 0.1) is 0 Å². The van der Waals surface area contributed by atoms with E-state index in [4.69, 9.17) is 10.5 Å². The first-order valence-corrected chi connectivity index (χ1v) is 5.63. The van der Waals surface area contributed by atoms with Crippen molar-refractivity contribution < 1.29 is 4.74 Å². The maximum atomic E-state index is 6.15.